The zero-order valence-corrected chi connectivity index (χ0v) is 10.2. The van der Waals surface area contributed by atoms with Gasteiger partial charge in [0.25, 0.3) is 0 Å². The first-order valence-corrected chi connectivity index (χ1v) is 5.90. The Bertz CT molecular complexity index is 248. The normalized spacial score (nSPS) is 23.8. The Morgan fingerprint density at radius 3 is 2.75 bits per heavy atom. The molecule has 92 valence electrons. The Morgan fingerprint density at radius 2 is 2.12 bits per heavy atom. The molecule has 1 unspecified atom stereocenters. The van der Waals surface area contributed by atoms with Crippen LogP contribution in [0.2, 0.25) is 0 Å². The lowest BCUT2D eigenvalue weighted by Crippen LogP contribution is -2.44. The molecular formula is C11H21N3O2. The number of rotatable bonds is 6. The molecule has 0 saturated heterocycles. The lowest BCUT2D eigenvalue weighted by atomic mass is 9.80. The minimum absolute atomic E-state index is 0.408. The Labute approximate surface area is 96.7 Å². The summed E-state index contributed by atoms with van der Waals surface area (Å²) >= 11 is 0. The standard InChI is InChI=1S/C11H21N3O2/c1-15-11(16-2)8-4-3-6-10(11)7-5-9-13-14-12/h10H,3-9H2,1-2H3. The van der Waals surface area contributed by atoms with Crippen LogP contribution in [0.25, 0.3) is 10.4 Å². The fraction of sp³-hybridized carbons (Fsp3) is 1.00. The van der Waals surface area contributed by atoms with Crippen LogP contribution in [0.5, 0.6) is 0 Å². The molecule has 16 heavy (non-hydrogen) atoms. The number of hydrogen-bond acceptors (Lipinski definition) is 3. The van der Waals surface area contributed by atoms with Gasteiger partial charge in [-0.05, 0) is 31.2 Å². The van der Waals surface area contributed by atoms with Crippen molar-refractivity contribution in [1.82, 2.24) is 0 Å². The van der Waals surface area contributed by atoms with Crippen molar-refractivity contribution in [2.45, 2.75) is 44.3 Å². The van der Waals surface area contributed by atoms with Crippen molar-refractivity contribution in [2.75, 3.05) is 20.8 Å². The van der Waals surface area contributed by atoms with Crippen LogP contribution in [-0.4, -0.2) is 26.6 Å². The third-order valence-electron chi connectivity index (χ3n) is 3.51. The van der Waals surface area contributed by atoms with Crippen LogP contribution in [0, 0.1) is 5.92 Å². The molecule has 0 aliphatic heterocycles. The van der Waals surface area contributed by atoms with Crippen molar-refractivity contribution >= 4 is 0 Å². The van der Waals surface area contributed by atoms with E-state index in [9.17, 15) is 0 Å². The summed E-state index contributed by atoms with van der Waals surface area (Å²) in [7, 11) is 3.44. The fourth-order valence-corrected chi connectivity index (χ4v) is 2.62. The molecule has 0 radical (unpaired) electrons. The van der Waals surface area contributed by atoms with E-state index in [1.54, 1.807) is 14.2 Å². The van der Waals surface area contributed by atoms with Gasteiger partial charge in [-0.25, -0.2) is 0 Å². The summed E-state index contributed by atoms with van der Waals surface area (Å²) in [6.45, 7) is 0.566. The van der Waals surface area contributed by atoms with Gasteiger partial charge in [-0.3, -0.25) is 0 Å². The zero-order valence-electron chi connectivity index (χ0n) is 10.2. The topological polar surface area (TPSA) is 67.2 Å². The number of ether oxygens (including phenoxy) is 2. The molecule has 5 heteroatoms. The van der Waals surface area contributed by atoms with Crippen molar-refractivity contribution in [1.29, 1.82) is 0 Å². The average molecular weight is 227 g/mol. The lowest BCUT2D eigenvalue weighted by Gasteiger charge is -2.41. The highest BCUT2D eigenvalue weighted by molar-refractivity contribution is 4.83. The van der Waals surface area contributed by atoms with E-state index < -0.39 is 5.79 Å². The second kappa shape index (κ2) is 6.74. The molecule has 1 aliphatic carbocycles. The van der Waals surface area contributed by atoms with Gasteiger partial charge < -0.3 is 9.47 Å². The summed E-state index contributed by atoms with van der Waals surface area (Å²) in [6, 6.07) is 0. The maximum atomic E-state index is 8.21. The highest BCUT2D eigenvalue weighted by atomic mass is 16.7. The average Bonchev–Trinajstić information content (AvgIpc) is 2.35. The number of hydrogen-bond donors (Lipinski definition) is 0. The van der Waals surface area contributed by atoms with E-state index in [2.05, 4.69) is 10.0 Å². The van der Waals surface area contributed by atoms with Crippen molar-refractivity contribution in [3.05, 3.63) is 10.4 Å². The van der Waals surface area contributed by atoms with Crippen LogP contribution in [-0.2, 0) is 9.47 Å². The minimum Gasteiger partial charge on any atom is -0.353 e. The quantitative estimate of drug-likeness (QED) is 0.230. The van der Waals surface area contributed by atoms with Gasteiger partial charge in [0.05, 0.1) is 0 Å². The summed E-state index contributed by atoms with van der Waals surface area (Å²) in [5.74, 6) is 0.0133. The maximum absolute atomic E-state index is 8.21. The van der Waals surface area contributed by atoms with E-state index in [-0.39, 0.29) is 0 Å². The summed E-state index contributed by atoms with van der Waals surface area (Å²) in [5.41, 5.74) is 8.21. The highest BCUT2D eigenvalue weighted by Gasteiger charge is 2.40. The van der Waals surface area contributed by atoms with Crippen molar-refractivity contribution in [2.24, 2.45) is 11.0 Å². The third-order valence-corrected chi connectivity index (χ3v) is 3.51. The largest absolute Gasteiger partial charge is 0.353 e. The molecule has 0 heterocycles. The second-order valence-corrected chi connectivity index (χ2v) is 4.26. The van der Waals surface area contributed by atoms with E-state index in [4.69, 9.17) is 15.0 Å². The van der Waals surface area contributed by atoms with Crippen LogP contribution in [0.15, 0.2) is 5.11 Å². The summed E-state index contributed by atoms with van der Waals surface area (Å²) < 4.78 is 11.1. The molecule has 0 aromatic heterocycles. The first-order valence-electron chi connectivity index (χ1n) is 5.90. The smallest absolute Gasteiger partial charge is 0.170 e. The number of nitrogens with zero attached hydrogens (tertiary/aromatic N) is 3. The van der Waals surface area contributed by atoms with Gasteiger partial charge in [0.15, 0.2) is 5.79 Å². The summed E-state index contributed by atoms with van der Waals surface area (Å²) in [4.78, 5) is 2.76. The van der Waals surface area contributed by atoms with E-state index in [0.29, 0.717) is 12.5 Å². The molecule has 1 aliphatic rings. The molecule has 1 rings (SSSR count). The lowest BCUT2D eigenvalue weighted by molar-refractivity contribution is -0.255. The molecule has 1 fully saturated rings. The van der Waals surface area contributed by atoms with Crippen molar-refractivity contribution < 1.29 is 9.47 Å². The van der Waals surface area contributed by atoms with Crippen LogP contribution in [0.3, 0.4) is 0 Å². The third kappa shape index (κ3) is 3.11. The van der Waals surface area contributed by atoms with Gasteiger partial charge in [-0.15, -0.1) is 0 Å². The number of methoxy groups -OCH3 is 2. The predicted molar refractivity (Wildman–Crippen MR) is 62.0 cm³/mol. The van der Waals surface area contributed by atoms with Gasteiger partial charge in [0.1, 0.15) is 0 Å². The van der Waals surface area contributed by atoms with Crippen molar-refractivity contribution in [3.8, 4) is 0 Å². The Balaban J connectivity index is 2.49. The van der Waals surface area contributed by atoms with Crippen LogP contribution in [0.4, 0.5) is 0 Å². The molecule has 0 aromatic carbocycles. The zero-order chi connectivity index (χ0) is 11.9. The van der Waals surface area contributed by atoms with Gasteiger partial charge in [0, 0.05) is 38.0 Å². The van der Waals surface area contributed by atoms with Crippen LogP contribution >= 0.6 is 0 Å². The minimum atomic E-state index is -0.408. The summed E-state index contributed by atoms with van der Waals surface area (Å²) in [6.07, 6.45) is 6.41. The van der Waals surface area contributed by atoms with Crippen LogP contribution < -0.4 is 0 Å². The van der Waals surface area contributed by atoms with Gasteiger partial charge in [-0.2, -0.15) is 0 Å². The molecule has 0 spiro atoms. The first kappa shape index (κ1) is 13.3. The molecule has 1 atom stereocenters. The van der Waals surface area contributed by atoms with Gasteiger partial charge in [-0.1, -0.05) is 11.5 Å². The Morgan fingerprint density at radius 1 is 1.38 bits per heavy atom. The predicted octanol–water partition coefficient (Wildman–Crippen LogP) is 3.26. The molecule has 1 saturated carbocycles. The molecule has 0 bridgehead atoms. The summed E-state index contributed by atoms with van der Waals surface area (Å²) in [5, 5.41) is 3.55. The first-order chi connectivity index (χ1) is 7.79. The highest BCUT2D eigenvalue weighted by Crippen LogP contribution is 2.39. The van der Waals surface area contributed by atoms with Crippen LogP contribution in [0.1, 0.15) is 38.5 Å². The molecule has 0 amide bonds. The van der Waals surface area contributed by atoms with E-state index >= 15 is 0 Å². The molecular weight excluding hydrogens is 206 g/mol. The second-order valence-electron chi connectivity index (χ2n) is 4.26. The monoisotopic (exact) mass is 227 g/mol. The number of azide groups is 1. The van der Waals surface area contributed by atoms with E-state index in [1.807, 2.05) is 0 Å². The molecule has 0 aromatic rings. The maximum Gasteiger partial charge on any atom is 0.170 e. The SMILES string of the molecule is COC1(OC)CCCCC1CCCN=[N+]=[N-]. The van der Waals surface area contributed by atoms with Gasteiger partial charge >= 0.3 is 0 Å². The van der Waals surface area contributed by atoms with E-state index in [1.165, 1.54) is 6.42 Å². The van der Waals surface area contributed by atoms with E-state index in [0.717, 1.165) is 32.1 Å². The molecule has 5 nitrogen and oxygen atoms in total. The Kier molecular flexibility index (Phi) is 5.60. The fourth-order valence-electron chi connectivity index (χ4n) is 2.62. The van der Waals surface area contributed by atoms with Gasteiger partial charge in [0.2, 0.25) is 0 Å². The Hall–Kier alpha value is -0.770. The van der Waals surface area contributed by atoms with Crippen molar-refractivity contribution in [3.63, 3.8) is 0 Å². The molecule has 0 N–H and O–H groups in total.